The monoisotopic (exact) mass is 698 g/mol. The number of guanidine groups is 1. The van der Waals surface area contributed by atoms with Gasteiger partial charge in [0.15, 0.2) is 17.6 Å². The van der Waals surface area contributed by atoms with Gasteiger partial charge in [-0.2, -0.15) is 0 Å². The van der Waals surface area contributed by atoms with Crippen LogP contribution in [0.1, 0.15) is 71.7 Å². The molecule has 3 saturated carbocycles. The number of aromatic nitrogens is 2. The number of hydrogen-bond donors (Lipinski definition) is 3. The SMILES string of the molecule is COc1ccc(CCn2c(C(=N)N3CCC(C)CC3)nc3cc(NC(=NC4CC5CC(C4C)C5(C)C)N4CCNC(C)C4)ccc3c2=O)c(F)c1. The van der Waals surface area contributed by atoms with Gasteiger partial charge in [-0.05, 0) is 97.9 Å². The molecule has 2 aliphatic heterocycles. The Bertz CT molecular complexity index is 1860. The van der Waals surface area contributed by atoms with Crippen LogP contribution in [0.15, 0.2) is 46.2 Å². The van der Waals surface area contributed by atoms with Crippen molar-refractivity contribution in [2.75, 3.05) is 45.2 Å². The number of likely N-dealkylation sites (tertiary alicyclic amines) is 1. The molecule has 8 rings (SSSR count). The zero-order valence-electron chi connectivity index (χ0n) is 31.1. The maximum atomic E-state index is 15.0. The lowest BCUT2D eigenvalue weighted by atomic mass is 9.45. The molecule has 274 valence electrons. The van der Waals surface area contributed by atoms with Crippen molar-refractivity contribution in [2.24, 2.45) is 34.1 Å². The number of aliphatic imine (C=N–C) groups is 1. The van der Waals surface area contributed by atoms with Gasteiger partial charge in [0, 0.05) is 57.1 Å². The molecule has 11 heteroatoms. The third kappa shape index (κ3) is 6.98. The number of anilines is 1. The summed E-state index contributed by atoms with van der Waals surface area (Å²) < 4.78 is 21.7. The summed E-state index contributed by atoms with van der Waals surface area (Å²) >= 11 is 0. The molecule has 0 spiro atoms. The zero-order chi connectivity index (χ0) is 36.0. The summed E-state index contributed by atoms with van der Waals surface area (Å²) in [5, 5.41) is 17.0. The second kappa shape index (κ2) is 14.2. The Morgan fingerprint density at radius 3 is 2.57 bits per heavy atom. The number of methoxy groups -OCH3 is 1. The maximum absolute atomic E-state index is 15.0. The predicted octanol–water partition coefficient (Wildman–Crippen LogP) is 5.98. The molecule has 5 aliphatic rings. The largest absolute Gasteiger partial charge is 0.497 e. The number of nitrogens with one attached hydrogen (secondary N) is 3. The number of halogens is 1. The Morgan fingerprint density at radius 2 is 1.88 bits per heavy atom. The van der Waals surface area contributed by atoms with Crippen molar-refractivity contribution in [1.82, 2.24) is 24.7 Å². The van der Waals surface area contributed by atoms with Gasteiger partial charge in [-0.3, -0.25) is 14.8 Å². The Morgan fingerprint density at radius 1 is 1.10 bits per heavy atom. The molecule has 5 fully saturated rings. The second-order valence-electron chi connectivity index (χ2n) is 16.3. The van der Waals surface area contributed by atoms with Gasteiger partial charge in [0.05, 0.1) is 24.1 Å². The Hall–Kier alpha value is -3.99. The van der Waals surface area contributed by atoms with Crippen LogP contribution in [0.4, 0.5) is 10.1 Å². The highest BCUT2D eigenvalue weighted by Gasteiger charge is 2.56. The highest BCUT2D eigenvalue weighted by Crippen LogP contribution is 2.61. The minimum atomic E-state index is -0.381. The lowest BCUT2D eigenvalue weighted by Crippen LogP contribution is -2.57. The number of nitrogens with zero attached hydrogens (tertiary/aromatic N) is 5. The first-order valence-electron chi connectivity index (χ1n) is 19.0. The first kappa shape index (κ1) is 35.4. The lowest BCUT2D eigenvalue weighted by Gasteiger charge is -2.61. The van der Waals surface area contributed by atoms with Crippen LogP contribution < -0.4 is 20.9 Å². The van der Waals surface area contributed by atoms with Crippen molar-refractivity contribution in [2.45, 2.75) is 85.4 Å². The fourth-order valence-corrected chi connectivity index (χ4v) is 9.05. The maximum Gasteiger partial charge on any atom is 0.261 e. The third-order valence-electron chi connectivity index (χ3n) is 12.7. The van der Waals surface area contributed by atoms with Gasteiger partial charge < -0.3 is 25.2 Å². The average Bonchev–Trinajstić information content (AvgIpc) is 3.11. The summed E-state index contributed by atoms with van der Waals surface area (Å²) in [6.45, 7) is 15.9. The van der Waals surface area contributed by atoms with Crippen LogP contribution in [0.3, 0.4) is 0 Å². The minimum absolute atomic E-state index is 0.198. The molecule has 2 bridgehead atoms. The van der Waals surface area contributed by atoms with E-state index in [1.165, 1.54) is 19.6 Å². The van der Waals surface area contributed by atoms with E-state index in [0.29, 0.717) is 63.2 Å². The molecular formula is C40H55FN8O2. The van der Waals surface area contributed by atoms with Crippen LogP contribution in [0.2, 0.25) is 0 Å². The Labute approximate surface area is 301 Å². The molecule has 0 amide bonds. The smallest absolute Gasteiger partial charge is 0.261 e. The molecule has 3 aliphatic carbocycles. The molecule has 0 radical (unpaired) electrons. The molecule has 10 nitrogen and oxygen atoms in total. The molecule has 5 atom stereocenters. The molecule has 3 heterocycles. The highest BCUT2D eigenvalue weighted by molar-refractivity contribution is 5.98. The van der Waals surface area contributed by atoms with Crippen LogP contribution in [-0.2, 0) is 13.0 Å². The van der Waals surface area contributed by atoms with E-state index in [2.05, 4.69) is 50.2 Å². The quantitative estimate of drug-likeness (QED) is 0.206. The molecular weight excluding hydrogens is 643 g/mol. The molecule has 2 saturated heterocycles. The van der Waals surface area contributed by atoms with E-state index >= 15 is 0 Å². The van der Waals surface area contributed by atoms with Gasteiger partial charge in [0.25, 0.3) is 5.56 Å². The molecule has 3 aromatic rings. The number of piperazine rings is 1. The molecule has 5 unspecified atom stereocenters. The summed E-state index contributed by atoms with van der Waals surface area (Å²) in [5.74, 6) is 4.00. The number of piperidine rings is 1. The van der Waals surface area contributed by atoms with Crippen LogP contribution in [0.5, 0.6) is 5.75 Å². The standard InChI is InChI=1S/C40H55FN8O2/c1-24-11-15-47(16-12-24)36(42)37-45-35-21-29(8-10-31(35)38(50)49(37)17-13-27-7-9-30(51-6)22-33(27)41)44-39(48-18-14-43-25(2)23-48)46-34-20-28-19-32(26(34)3)40(28,4)5/h7-10,21-22,24-26,28,32,34,42-43H,11-20,23H2,1-6H3,(H,44,46). The van der Waals surface area contributed by atoms with Crippen molar-refractivity contribution in [3.05, 3.63) is 64.0 Å². The Balaban J connectivity index is 1.22. The first-order valence-corrected chi connectivity index (χ1v) is 19.0. The summed E-state index contributed by atoms with van der Waals surface area (Å²) in [5.41, 5.74) is 1.99. The van der Waals surface area contributed by atoms with Gasteiger partial charge in [0.1, 0.15) is 11.6 Å². The van der Waals surface area contributed by atoms with Crippen LogP contribution in [0.25, 0.3) is 10.9 Å². The van der Waals surface area contributed by atoms with Gasteiger partial charge in [0.2, 0.25) is 0 Å². The van der Waals surface area contributed by atoms with Crippen molar-refractivity contribution in [1.29, 1.82) is 5.41 Å². The number of fused-ring (bicyclic) bond motifs is 3. The van der Waals surface area contributed by atoms with Crippen molar-refractivity contribution < 1.29 is 9.13 Å². The molecule has 51 heavy (non-hydrogen) atoms. The second-order valence-corrected chi connectivity index (χ2v) is 16.3. The van der Waals surface area contributed by atoms with Crippen LogP contribution in [-0.4, -0.2) is 83.1 Å². The molecule has 3 N–H and O–H groups in total. The van der Waals surface area contributed by atoms with E-state index < -0.39 is 0 Å². The average molecular weight is 699 g/mol. The number of aryl methyl sites for hydroxylation is 1. The molecule has 2 aromatic carbocycles. The van der Waals surface area contributed by atoms with Gasteiger partial charge >= 0.3 is 0 Å². The van der Waals surface area contributed by atoms with Crippen molar-refractivity contribution >= 4 is 28.4 Å². The van der Waals surface area contributed by atoms with E-state index in [0.717, 1.165) is 63.6 Å². The highest BCUT2D eigenvalue weighted by atomic mass is 19.1. The number of benzene rings is 2. The fraction of sp³-hybridized carbons (Fsp3) is 0.600. The van der Waals surface area contributed by atoms with E-state index in [1.54, 1.807) is 16.7 Å². The van der Waals surface area contributed by atoms with Gasteiger partial charge in [-0.1, -0.05) is 33.8 Å². The van der Waals surface area contributed by atoms with Crippen LogP contribution in [0, 0.1) is 40.3 Å². The van der Waals surface area contributed by atoms with E-state index in [9.17, 15) is 14.6 Å². The number of ether oxygens (including phenoxy) is 1. The zero-order valence-corrected chi connectivity index (χ0v) is 31.1. The molecule has 1 aromatic heterocycles. The number of rotatable bonds is 7. The summed E-state index contributed by atoms with van der Waals surface area (Å²) in [6, 6.07) is 11.1. The van der Waals surface area contributed by atoms with E-state index in [1.807, 2.05) is 23.1 Å². The first-order chi connectivity index (χ1) is 24.4. The lowest BCUT2D eigenvalue weighted by molar-refractivity contribution is -0.108. The normalized spacial score (nSPS) is 26.6. The van der Waals surface area contributed by atoms with E-state index in [-0.39, 0.29) is 36.2 Å². The number of hydrogen-bond acceptors (Lipinski definition) is 6. The van der Waals surface area contributed by atoms with Crippen LogP contribution >= 0.6 is 0 Å². The van der Waals surface area contributed by atoms with Crippen molar-refractivity contribution in [3.8, 4) is 5.75 Å². The number of amidine groups is 1. The predicted molar refractivity (Wildman–Crippen MR) is 203 cm³/mol. The van der Waals surface area contributed by atoms with E-state index in [4.69, 9.17) is 14.7 Å². The van der Waals surface area contributed by atoms with Crippen molar-refractivity contribution in [3.63, 3.8) is 0 Å². The third-order valence-corrected chi connectivity index (χ3v) is 12.7. The summed E-state index contributed by atoms with van der Waals surface area (Å²) in [6.07, 6.45) is 4.66. The Kier molecular flexibility index (Phi) is 9.86. The fourth-order valence-electron chi connectivity index (χ4n) is 9.05. The van der Waals surface area contributed by atoms with Gasteiger partial charge in [-0.15, -0.1) is 0 Å². The summed E-state index contributed by atoms with van der Waals surface area (Å²) in [4.78, 5) is 29.1. The summed E-state index contributed by atoms with van der Waals surface area (Å²) in [7, 11) is 1.51. The topological polar surface area (TPSA) is 111 Å². The minimum Gasteiger partial charge on any atom is -0.497 e. The van der Waals surface area contributed by atoms with Gasteiger partial charge in [-0.25, -0.2) is 14.4 Å².